The summed E-state index contributed by atoms with van der Waals surface area (Å²) in [6, 6.07) is 25.6. The molecule has 1 saturated carbocycles. The van der Waals surface area contributed by atoms with E-state index in [4.69, 9.17) is 29.5 Å². The highest BCUT2D eigenvalue weighted by Gasteiger charge is 2.36. The summed E-state index contributed by atoms with van der Waals surface area (Å²) in [4.78, 5) is 65.8. The van der Waals surface area contributed by atoms with Crippen LogP contribution in [0.2, 0.25) is 0 Å². The predicted molar refractivity (Wildman–Crippen MR) is 353 cm³/mol. The Kier molecular flexibility index (Phi) is 31.3. The van der Waals surface area contributed by atoms with Crippen LogP contribution in [-0.2, 0) is 48.5 Å². The van der Waals surface area contributed by atoms with E-state index < -0.39 is 6.03 Å². The fourth-order valence-electron chi connectivity index (χ4n) is 9.33. The van der Waals surface area contributed by atoms with E-state index in [9.17, 15) is 19.2 Å². The maximum atomic E-state index is 13.6. The normalized spacial score (nSPS) is 14.0. The Bertz CT molecular complexity index is 3010. The molecule has 480 valence electrons. The molecule has 0 spiro atoms. The summed E-state index contributed by atoms with van der Waals surface area (Å²) < 4.78 is 30.8. The molecular formula is C66H91N13O9S. The van der Waals surface area contributed by atoms with Crippen molar-refractivity contribution in [1.82, 2.24) is 39.7 Å². The van der Waals surface area contributed by atoms with Gasteiger partial charge in [-0.3, -0.25) is 29.4 Å². The van der Waals surface area contributed by atoms with Gasteiger partial charge >= 0.3 is 6.03 Å². The Balaban J connectivity index is 0.00000116. The third kappa shape index (κ3) is 26.7. The zero-order valence-corrected chi connectivity index (χ0v) is 53.1. The lowest BCUT2D eigenvalue weighted by Gasteiger charge is -2.32. The van der Waals surface area contributed by atoms with Gasteiger partial charge in [0.2, 0.25) is 18.2 Å². The zero-order valence-electron chi connectivity index (χ0n) is 52.3. The molecule has 3 aromatic carbocycles. The van der Waals surface area contributed by atoms with Gasteiger partial charge in [0, 0.05) is 94.2 Å². The molecule has 89 heavy (non-hydrogen) atoms. The Morgan fingerprint density at radius 2 is 1.52 bits per heavy atom. The van der Waals surface area contributed by atoms with Crippen molar-refractivity contribution in [2.75, 3.05) is 130 Å². The molecule has 5 N–H and O–H groups in total. The topological polar surface area (TPSA) is 245 Å². The third-order valence-electron chi connectivity index (χ3n) is 14.6. The predicted octanol–water partition coefficient (Wildman–Crippen LogP) is 8.21. The highest BCUT2D eigenvalue weighted by molar-refractivity contribution is 7.14. The molecule has 23 heteroatoms. The van der Waals surface area contributed by atoms with E-state index in [0.29, 0.717) is 139 Å². The van der Waals surface area contributed by atoms with E-state index in [0.717, 1.165) is 85.6 Å². The molecular weight excluding hydrogens is 1150 g/mol. The minimum atomic E-state index is -0.428. The average Bonchev–Trinajstić information content (AvgIpc) is 2.93. The second-order valence-electron chi connectivity index (χ2n) is 21.6. The summed E-state index contributed by atoms with van der Waals surface area (Å²) in [5.41, 5.74) is 7.11. The number of hydrogen-bond acceptors (Lipinski definition) is 17. The van der Waals surface area contributed by atoms with Crippen molar-refractivity contribution in [2.45, 2.75) is 70.4 Å². The molecule has 2 aromatic heterocycles. The number of nitrogens with zero attached hydrogens (tertiary/aromatic N) is 9. The van der Waals surface area contributed by atoms with Gasteiger partial charge in [-0.25, -0.2) is 9.78 Å². The fraction of sp³-hybridized carbons (Fsp3) is 0.455. The number of nitrogens with two attached hydrogens (primary N) is 1. The molecule has 22 nitrogen and oxygen atoms in total. The van der Waals surface area contributed by atoms with E-state index in [1.165, 1.54) is 11.3 Å². The van der Waals surface area contributed by atoms with Gasteiger partial charge in [0.15, 0.2) is 5.13 Å². The SMILES string of the molecule is C=C/C=C(\C=C)CNC=O.CC(c1ccc(-c2ccn(C)n2)cc1)N(C(=O)CCc1ccc(OCCCCN(C)CCOCCOCC/C(C=NCCOCCOc2ccc(NC(=O)Nc3nc(CC(=O)N4CCN(C)CC4)cs3)cc2)=N/N)cc1)C1CC1. The van der Waals surface area contributed by atoms with E-state index in [2.05, 4.69) is 114 Å². The number of carbonyl (C=O) groups excluding carboxylic acids is 4. The molecule has 2 fully saturated rings. The average molecular weight is 1240 g/mol. The molecule has 1 unspecified atom stereocenters. The van der Waals surface area contributed by atoms with Crippen molar-refractivity contribution >= 4 is 58.3 Å². The number of likely N-dealkylation sites (N-methyl/N-ethyl adjacent to an activating group) is 2. The van der Waals surface area contributed by atoms with Gasteiger partial charge in [0.05, 0.1) is 82.4 Å². The number of anilines is 2. The number of carbonyl (C=O) groups is 4. The van der Waals surface area contributed by atoms with E-state index >= 15 is 0 Å². The highest BCUT2D eigenvalue weighted by Crippen LogP contribution is 2.36. The number of rotatable bonds is 39. The van der Waals surface area contributed by atoms with Gasteiger partial charge in [0.1, 0.15) is 18.1 Å². The molecule has 1 atom stereocenters. The lowest BCUT2D eigenvalue weighted by molar-refractivity contribution is -0.134. The fourth-order valence-corrected chi connectivity index (χ4v) is 10.0. The van der Waals surface area contributed by atoms with Crippen LogP contribution in [0.15, 0.2) is 137 Å². The van der Waals surface area contributed by atoms with Crippen LogP contribution in [0.25, 0.3) is 11.3 Å². The number of urea groups is 1. The summed E-state index contributed by atoms with van der Waals surface area (Å²) in [6.07, 6.45) is 15.4. The Morgan fingerprint density at radius 3 is 2.19 bits per heavy atom. The van der Waals surface area contributed by atoms with Crippen LogP contribution in [0, 0.1) is 0 Å². The van der Waals surface area contributed by atoms with Gasteiger partial charge in [-0.05, 0) is 119 Å². The van der Waals surface area contributed by atoms with Crippen LogP contribution in [0.3, 0.4) is 0 Å². The Morgan fingerprint density at radius 1 is 0.820 bits per heavy atom. The minimum Gasteiger partial charge on any atom is -0.494 e. The van der Waals surface area contributed by atoms with Crippen molar-refractivity contribution in [3.05, 3.63) is 144 Å². The Hall–Kier alpha value is -8.06. The zero-order chi connectivity index (χ0) is 63.4. The molecule has 1 aliphatic carbocycles. The van der Waals surface area contributed by atoms with E-state index in [1.807, 2.05) is 43.4 Å². The molecule has 1 aliphatic heterocycles. The number of aliphatic imine (C=N–C) groups is 1. The monoisotopic (exact) mass is 1240 g/mol. The maximum absolute atomic E-state index is 13.6. The third-order valence-corrected chi connectivity index (χ3v) is 15.4. The smallest absolute Gasteiger partial charge is 0.325 e. The van der Waals surface area contributed by atoms with Gasteiger partial charge < -0.3 is 59.8 Å². The van der Waals surface area contributed by atoms with Crippen LogP contribution in [0.4, 0.5) is 15.6 Å². The number of ether oxygens (including phenoxy) is 5. The minimum absolute atomic E-state index is 0.0185. The molecule has 1 saturated heterocycles. The van der Waals surface area contributed by atoms with Gasteiger partial charge in [-0.2, -0.15) is 10.2 Å². The molecule has 3 heterocycles. The largest absolute Gasteiger partial charge is 0.494 e. The van der Waals surface area contributed by atoms with Crippen LogP contribution in [0.1, 0.15) is 68.3 Å². The lowest BCUT2D eigenvalue weighted by Crippen LogP contribution is -2.47. The standard InChI is InChI=1S/C58H80N12O8S.C8H11NO/c1-44(46-10-12-47(13-11-46)54-23-27-68(4)65-54)70(51-16-17-51)55(71)22-9-45-7-18-52(19-8-45)77-33-6-5-26-66(2)32-36-76-38-37-74-34-24-49(64-59)42-60-25-35-75-39-40-78-53-20-14-48(15-21-53)61-57(73)63-58-62-50(43-79-58)41-56(72)69-30-28-67(3)29-31-69;1-3-5-8(4-2)6-9-7-10/h7-8,10-15,18-21,23,27,42-44,51H,5-6,9,16-17,22,24-26,28-41,59H2,1-4H3,(H2,61,62,63,73);3-5,7H,1-2,6H2,(H,9,10)/b60-42?,64-49-;8-5+. The molecule has 0 bridgehead atoms. The maximum Gasteiger partial charge on any atom is 0.325 e. The van der Waals surface area contributed by atoms with Crippen molar-refractivity contribution in [1.29, 1.82) is 0 Å². The first kappa shape index (κ1) is 70.0. The number of aromatic nitrogens is 3. The first-order valence-corrected chi connectivity index (χ1v) is 31.4. The summed E-state index contributed by atoms with van der Waals surface area (Å²) in [5, 5.41) is 18.6. The first-order valence-electron chi connectivity index (χ1n) is 30.5. The lowest BCUT2D eigenvalue weighted by atomic mass is 10.0. The van der Waals surface area contributed by atoms with Crippen LogP contribution >= 0.6 is 11.3 Å². The number of amides is 5. The van der Waals surface area contributed by atoms with Gasteiger partial charge in [-0.1, -0.05) is 67.8 Å². The van der Waals surface area contributed by atoms with E-state index in [-0.39, 0.29) is 24.3 Å². The van der Waals surface area contributed by atoms with Crippen molar-refractivity contribution in [2.24, 2.45) is 23.0 Å². The molecule has 2 aliphatic rings. The number of unbranched alkanes of at least 4 members (excludes halogenated alkanes) is 1. The highest BCUT2D eigenvalue weighted by atomic mass is 32.1. The first-order chi connectivity index (χ1) is 43.3. The van der Waals surface area contributed by atoms with Crippen molar-refractivity contribution < 1.29 is 42.9 Å². The second-order valence-corrected chi connectivity index (χ2v) is 22.4. The van der Waals surface area contributed by atoms with Gasteiger partial charge in [-0.15, -0.1) is 11.3 Å². The van der Waals surface area contributed by atoms with Crippen LogP contribution < -0.4 is 31.3 Å². The van der Waals surface area contributed by atoms with Crippen LogP contribution in [-0.4, -0.2) is 196 Å². The summed E-state index contributed by atoms with van der Waals surface area (Å²) in [5.74, 6) is 7.31. The number of hydrazone groups is 1. The second kappa shape index (κ2) is 39.8. The number of benzene rings is 3. The summed E-state index contributed by atoms with van der Waals surface area (Å²) in [7, 11) is 6.07. The van der Waals surface area contributed by atoms with Crippen molar-refractivity contribution in [3.63, 3.8) is 0 Å². The number of thiazole rings is 1. The van der Waals surface area contributed by atoms with Crippen molar-refractivity contribution in [3.8, 4) is 22.8 Å². The number of piperazine rings is 1. The summed E-state index contributed by atoms with van der Waals surface area (Å²) in [6.45, 7) is 19.0. The number of hydrogen-bond donors (Lipinski definition) is 4. The number of allylic oxidation sites excluding steroid dienone is 2. The van der Waals surface area contributed by atoms with Gasteiger partial charge in [0.25, 0.3) is 0 Å². The summed E-state index contributed by atoms with van der Waals surface area (Å²) >= 11 is 1.28. The molecule has 5 amide bonds. The molecule has 7 rings (SSSR count). The number of nitrogens with one attached hydrogen (secondary N) is 3. The number of aryl methyl sites for hydroxylation is 2. The quantitative estimate of drug-likeness (QED) is 0.00724. The van der Waals surface area contributed by atoms with E-state index in [1.54, 1.807) is 58.8 Å². The Labute approximate surface area is 528 Å². The molecule has 5 aromatic rings. The van der Waals surface area contributed by atoms with Crippen LogP contribution in [0.5, 0.6) is 11.5 Å². The molecule has 0 radical (unpaired) electrons.